The van der Waals surface area contributed by atoms with E-state index in [4.69, 9.17) is 5.11 Å². The van der Waals surface area contributed by atoms with E-state index in [1.807, 2.05) is 63.2 Å². The van der Waals surface area contributed by atoms with Gasteiger partial charge in [0.1, 0.15) is 0 Å². The molecule has 2 aromatic carbocycles. The van der Waals surface area contributed by atoms with Gasteiger partial charge in [-0.05, 0) is 27.8 Å². The highest BCUT2D eigenvalue weighted by Crippen LogP contribution is 2.24. The summed E-state index contributed by atoms with van der Waals surface area (Å²) in [5.74, 6) is -1.06. The van der Waals surface area contributed by atoms with Crippen LogP contribution in [-0.2, 0) is 9.59 Å². The first kappa shape index (κ1) is 17.0. The number of benzene rings is 2. The highest BCUT2D eigenvalue weighted by Gasteiger charge is 2.22. The van der Waals surface area contributed by atoms with Crippen molar-refractivity contribution in [1.82, 2.24) is 5.32 Å². The lowest BCUT2D eigenvalue weighted by Crippen LogP contribution is -2.32. The van der Waals surface area contributed by atoms with Crippen LogP contribution in [0, 0.1) is 5.41 Å². The van der Waals surface area contributed by atoms with Crippen molar-refractivity contribution in [2.45, 2.75) is 39.7 Å². The Labute approximate surface area is 136 Å². The van der Waals surface area contributed by atoms with Gasteiger partial charge in [-0.2, -0.15) is 0 Å². The molecule has 1 amide bonds. The number of rotatable bonds is 5. The molecule has 23 heavy (non-hydrogen) atoms. The molecule has 0 aliphatic rings. The summed E-state index contributed by atoms with van der Waals surface area (Å²) in [5, 5.41) is 14.1. The van der Waals surface area contributed by atoms with Gasteiger partial charge in [-0.25, -0.2) is 0 Å². The van der Waals surface area contributed by atoms with E-state index in [0.29, 0.717) is 6.42 Å². The number of carbonyl (C=O) groups excluding carboxylic acids is 1. The second kappa shape index (κ2) is 6.82. The van der Waals surface area contributed by atoms with Crippen LogP contribution in [0.25, 0.3) is 10.8 Å². The van der Waals surface area contributed by atoms with Crippen molar-refractivity contribution < 1.29 is 14.7 Å². The van der Waals surface area contributed by atoms with Crippen molar-refractivity contribution in [3.05, 3.63) is 48.0 Å². The van der Waals surface area contributed by atoms with E-state index in [-0.39, 0.29) is 17.7 Å². The van der Waals surface area contributed by atoms with E-state index in [2.05, 4.69) is 5.32 Å². The molecular formula is C19H23NO3. The average Bonchev–Trinajstić information content (AvgIpc) is 2.43. The maximum Gasteiger partial charge on any atom is 0.305 e. The van der Waals surface area contributed by atoms with Gasteiger partial charge >= 0.3 is 5.97 Å². The number of carboxylic acids is 1. The number of aliphatic carboxylic acids is 1. The standard InChI is InChI=1S/C19H23NO3/c1-19(2,3)12-17(21)20-16(11-18(22)23)15-9-8-13-6-4-5-7-14(13)10-15/h4-10,16H,11-12H2,1-3H3,(H,20,21)(H,22,23)/t16-/m0/s1. The molecule has 0 aliphatic heterocycles. The molecule has 0 aliphatic carbocycles. The molecule has 0 aromatic heterocycles. The molecule has 1 atom stereocenters. The lowest BCUT2D eigenvalue weighted by molar-refractivity contribution is -0.137. The lowest BCUT2D eigenvalue weighted by atomic mass is 9.91. The molecule has 2 aromatic rings. The first-order valence-corrected chi connectivity index (χ1v) is 7.74. The zero-order chi connectivity index (χ0) is 17.0. The summed E-state index contributed by atoms with van der Waals surface area (Å²) in [6.07, 6.45) is 0.227. The third kappa shape index (κ3) is 5.09. The molecule has 4 heteroatoms. The van der Waals surface area contributed by atoms with Gasteiger partial charge in [-0.3, -0.25) is 9.59 Å². The number of hydrogen-bond donors (Lipinski definition) is 2. The number of amides is 1. The van der Waals surface area contributed by atoms with Crippen molar-refractivity contribution in [2.75, 3.05) is 0 Å². The van der Waals surface area contributed by atoms with Gasteiger partial charge in [0.05, 0.1) is 12.5 Å². The SMILES string of the molecule is CC(C)(C)CC(=O)N[C@@H](CC(=O)O)c1ccc2ccccc2c1. The fourth-order valence-corrected chi connectivity index (χ4v) is 2.58. The number of fused-ring (bicyclic) bond motifs is 1. The fraction of sp³-hybridized carbons (Fsp3) is 0.368. The minimum Gasteiger partial charge on any atom is -0.481 e. The predicted octanol–water partition coefficient (Wildman–Crippen LogP) is 3.91. The summed E-state index contributed by atoms with van der Waals surface area (Å²) in [6.45, 7) is 5.94. The molecule has 0 heterocycles. The molecule has 0 radical (unpaired) electrons. The Morgan fingerprint density at radius 3 is 2.35 bits per heavy atom. The zero-order valence-electron chi connectivity index (χ0n) is 13.8. The van der Waals surface area contributed by atoms with Crippen LogP contribution in [0.2, 0.25) is 0 Å². The first-order chi connectivity index (χ1) is 10.7. The van der Waals surface area contributed by atoms with Crippen molar-refractivity contribution in [3.63, 3.8) is 0 Å². The van der Waals surface area contributed by atoms with E-state index < -0.39 is 12.0 Å². The van der Waals surface area contributed by atoms with Gasteiger partial charge in [-0.1, -0.05) is 57.2 Å². The van der Waals surface area contributed by atoms with Crippen LogP contribution < -0.4 is 5.32 Å². The monoisotopic (exact) mass is 313 g/mol. The summed E-state index contributed by atoms with van der Waals surface area (Å²) in [7, 11) is 0. The summed E-state index contributed by atoms with van der Waals surface area (Å²) in [4.78, 5) is 23.3. The zero-order valence-corrected chi connectivity index (χ0v) is 13.8. The lowest BCUT2D eigenvalue weighted by Gasteiger charge is -2.22. The van der Waals surface area contributed by atoms with Gasteiger partial charge in [0.25, 0.3) is 0 Å². The average molecular weight is 313 g/mol. The smallest absolute Gasteiger partial charge is 0.305 e. The molecule has 0 saturated heterocycles. The molecule has 2 N–H and O–H groups in total. The van der Waals surface area contributed by atoms with Crippen molar-refractivity contribution in [1.29, 1.82) is 0 Å². The van der Waals surface area contributed by atoms with Crippen LogP contribution in [0.4, 0.5) is 0 Å². The van der Waals surface area contributed by atoms with Crippen LogP contribution in [-0.4, -0.2) is 17.0 Å². The highest BCUT2D eigenvalue weighted by molar-refractivity contribution is 5.84. The Balaban J connectivity index is 2.25. The maximum atomic E-state index is 12.2. The van der Waals surface area contributed by atoms with Crippen molar-refractivity contribution in [2.24, 2.45) is 5.41 Å². The Morgan fingerprint density at radius 1 is 1.09 bits per heavy atom. The van der Waals surface area contributed by atoms with Gasteiger partial charge in [0, 0.05) is 6.42 Å². The normalized spacial score (nSPS) is 12.8. The van der Waals surface area contributed by atoms with E-state index in [0.717, 1.165) is 16.3 Å². The van der Waals surface area contributed by atoms with Crippen LogP contribution >= 0.6 is 0 Å². The topological polar surface area (TPSA) is 66.4 Å². The van der Waals surface area contributed by atoms with Gasteiger partial charge in [-0.15, -0.1) is 0 Å². The molecule has 0 spiro atoms. The number of nitrogens with one attached hydrogen (secondary N) is 1. The van der Waals surface area contributed by atoms with Gasteiger partial charge < -0.3 is 10.4 Å². The minimum atomic E-state index is -0.931. The Kier molecular flexibility index (Phi) is 5.04. The Bertz CT molecular complexity index is 716. The number of carbonyl (C=O) groups is 2. The summed E-state index contributed by atoms with van der Waals surface area (Å²) < 4.78 is 0. The van der Waals surface area contributed by atoms with Crippen LogP contribution in [0.3, 0.4) is 0 Å². The first-order valence-electron chi connectivity index (χ1n) is 7.74. The summed E-state index contributed by atoms with van der Waals surface area (Å²) in [6, 6.07) is 13.1. The molecule has 0 fully saturated rings. The second-order valence-corrected chi connectivity index (χ2v) is 7.06. The molecule has 4 nitrogen and oxygen atoms in total. The van der Waals surface area contributed by atoms with Crippen LogP contribution in [0.1, 0.15) is 45.2 Å². The number of hydrogen-bond acceptors (Lipinski definition) is 2. The van der Waals surface area contributed by atoms with Gasteiger partial charge in [0.2, 0.25) is 5.91 Å². The van der Waals surface area contributed by atoms with E-state index in [1.165, 1.54) is 0 Å². The van der Waals surface area contributed by atoms with Gasteiger partial charge in [0.15, 0.2) is 0 Å². The third-order valence-electron chi connectivity index (χ3n) is 3.58. The molecule has 0 unspecified atom stereocenters. The molecule has 2 rings (SSSR count). The molecule has 122 valence electrons. The quantitative estimate of drug-likeness (QED) is 0.879. The van der Waals surface area contributed by atoms with Crippen molar-refractivity contribution in [3.8, 4) is 0 Å². The van der Waals surface area contributed by atoms with Crippen LogP contribution in [0.5, 0.6) is 0 Å². The predicted molar refractivity (Wildman–Crippen MR) is 91.2 cm³/mol. The molecule has 0 saturated carbocycles. The maximum absolute atomic E-state index is 12.2. The fourth-order valence-electron chi connectivity index (χ4n) is 2.58. The Hall–Kier alpha value is -2.36. The number of carboxylic acid groups (broad SMARTS) is 1. The van der Waals surface area contributed by atoms with E-state index >= 15 is 0 Å². The minimum absolute atomic E-state index is 0.128. The third-order valence-corrected chi connectivity index (χ3v) is 3.58. The Morgan fingerprint density at radius 2 is 1.74 bits per heavy atom. The van der Waals surface area contributed by atoms with E-state index in [9.17, 15) is 9.59 Å². The highest BCUT2D eigenvalue weighted by atomic mass is 16.4. The summed E-state index contributed by atoms with van der Waals surface area (Å²) >= 11 is 0. The van der Waals surface area contributed by atoms with Crippen LogP contribution in [0.15, 0.2) is 42.5 Å². The molecule has 0 bridgehead atoms. The van der Waals surface area contributed by atoms with E-state index in [1.54, 1.807) is 0 Å². The van der Waals surface area contributed by atoms with Crippen molar-refractivity contribution >= 4 is 22.6 Å². The second-order valence-electron chi connectivity index (χ2n) is 7.06. The molecular weight excluding hydrogens is 290 g/mol. The summed E-state index contributed by atoms with van der Waals surface area (Å²) in [5.41, 5.74) is 0.676. The largest absolute Gasteiger partial charge is 0.481 e.